The molecule has 4 N–H and O–H groups in total. The fourth-order valence-corrected chi connectivity index (χ4v) is 2.33. The Morgan fingerprint density at radius 1 is 1.53 bits per heavy atom. The van der Waals surface area contributed by atoms with Crippen LogP contribution in [0.3, 0.4) is 0 Å². The van der Waals surface area contributed by atoms with Gasteiger partial charge >= 0.3 is 0 Å². The second-order valence-corrected chi connectivity index (χ2v) is 4.92. The molecule has 0 aromatic heterocycles. The average molecular weight is 265 g/mol. The van der Waals surface area contributed by atoms with Crippen molar-refractivity contribution >= 4 is 0 Å². The number of aromatic hydroxyl groups is 1. The molecular weight excluding hydrogens is 242 g/mol. The number of nitrogens with one attached hydrogen (secondary N) is 1. The largest absolute Gasteiger partial charge is 0.507 e. The third-order valence-electron chi connectivity index (χ3n) is 3.27. The van der Waals surface area contributed by atoms with Gasteiger partial charge in [-0.15, -0.1) is 0 Å². The number of phenols is 1. The van der Waals surface area contributed by atoms with Gasteiger partial charge in [0.15, 0.2) is 0 Å². The van der Waals surface area contributed by atoms with Crippen LogP contribution in [0.2, 0.25) is 0 Å². The number of nitrogens with two attached hydrogens (primary N) is 1. The molecule has 1 atom stereocenters. The van der Waals surface area contributed by atoms with E-state index < -0.39 is 0 Å². The highest BCUT2D eigenvalue weighted by molar-refractivity contribution is 5.39. The minimum absolute atomic E-state index is 0.146. The molecule has 0 saturated carbocycles. The highest BCUT2D eigenvalue weighted by Crippen LogP contribution is 2.24. The van der Waals surface area contributed by atoms with Crippen LogP contribution in [-0.4, -0.2) is 48.8 Å². The van der Waals surface area contributed by atoms with Gasteiger partial charge in [-0.1, -0.05) is 6.07 Å². The van der Waals surface area contributed by atoms with Crippen molar-refractivity contribution in [1.82, 2.24) is 10.2 Å². The fourth-order valence-electron chi connectivity index (χ4n) is 2.33. The van der Waals surface area contributed by atoms with Gasteiger partial charge in [-0.25, -0.2) is 0 Å². The first-order valence-corrected chi connectivity index (χ1v) is 6.82. The number of ether oxygens (including phenoxy) is 1. The topological polar surface area (TPSA) is 70.8 Å². The van der Waals surface area contributed by atoms with Crippen molar-refractivity contribution in [3.63, 3.8) is 0 Å². The highest BCUT2D eigenvalue weighted by Gasteiger charge is 2.16. The quantitative estimate of drug-likeness (QED) is 0.740. The van der Waals surface area contributed by atoms with Crippen molar-refractivity contribution in [3.8, 4) is 11.5 Å². The Kier molecular flexibility index (Phi) is 5.01. The van der Waals surface area contributed by atoms with Crippen molar-refractivity contribution < 1.29 is 9.84 Å². The fraction of sp³-hybridized carbons (Fsp3) is 0.571. The molecule has 1 unspecified atom stereocenters. The molecule has 1 aromatic carbocycles. The third kappa shape index (κ3) is 4.09. The van der Waals surface area contributed by atoms with Crippen LogP contribution >= 0.6 is 0 Å². The molecule has 2 rings (SSSR count). The maximum Gasteiger partial charge on any atom is 0.123 e. The summed E-state index contributed by atoms with van der Waals surface area (Å²) < 4.78 is 5.37. The van der Waals surface area contributed by atoms with Crippen LogP contribution in [0, 0.1) is 0 Å². The standard InChI is InChI=1S/C14H23N3O2/c1-2-19-13-4-3-11(14(18)7-13)9-17-6-5-16-8-12(15)10-17/h3-4,7,12,16,18H,2,5-6,8-10,15H2,1H3. The van der Waals surface area contributed by atoms with Crippen molar-refractivity contribution in [2.75, 3.05) is 32.8 Å². The van der Waals surface area contributed by atoms with E-state index in [-0.39, 0.29) is 11.8 Å². The van der Waals surface area contributed by atoms with Crippen LogP contribution in [0.25, 0.3) is 0 Å². The molecule has 5 heteroatoms. The van der Waals surface area contributed by atoms with Crippen molar-refractivity contribution in [2.45, 2.75) is 19.5 Å². The van der Waals surface area contributed by atoms with Gasteiger partial charge in [-0.2, -0.15) is 0 Å². The Morgan fingerprint density at radius 2 is 2.37 bits per heavy atom. The number of nitrogens with zero attached hydrogens (tertiary/aromatic N) is 1. The number of hydrogen-bond donors (Lipinski definition) is 3. The molecular formula is C14H23N3O2. The summed E-state index contributed by atoms with van der Waals surface area (Å²) in [5.74, 6) is 0.995. The predicted molar refractivity (Wildman–Crippen MR) is 75.4 cm³/mol. The summed E-state index contributed by atoms with van der Waals surface area (Å²) in [6.07, 6.45) is 0. The van der Waals surface area contributed by atoms with E-state index in [1.54, 1.807) is 6.07 Å². The Balaban J connectivity index is 2.01. The normalized spacial score (nSPS) is 21.1. The van der Waals surface area contributed by atoms with Crippen LogP contribution < -0.4 is 15.8 Å². The molecule has 1 aliphatic heterocycles. The van der Waals surface area contributed by atoms with Crippen molar-refractivity contribution in [3.05, 3.63) is 23.8 Å². The Bertz CT molecular complexity index is 412. The smallest absolute Gasteiger partial charge is 0.123 e. The molecule has 0 amide bonds. The number of rotatable bonds is 4. The zero-order valence-electron chi connectivity index (χ0n) is 11.4. The summed E-state index contributed by atoms with van der Waals surface area (Å²) in [4.78, 5) is 2.26. The molecule has 0 aliphatic carbocycles. The molecule has 1 fully saturated rings. The van der Waals surface area contributed by atoms with E-state index in [0.717, 1.165) is 31.7 Å². The molecule has 1 saturated heterocycles. The zero-order chi connectivity index (χ0) is 13.7. The van der Waals surface area contributed by atoms with E-state index in [1.165, 1.54) is 0 Å². The summed E-state index contributed by atoms with van der Waals surface area (Å²) in [6, 6.07) is 5.64. The maximum absolute atomic E-state index is 10.0. The third-order valence-corrected chi connectivity index (χ3v) is 3.27. The van der Waals surface area contributed by atoms with Gasteiger partial charge in [-0.3, -0.25) is 4.90 Å². The first-order chi connectivity index (χ1) is 9.19. The minimum atomic E-state index is 0.146. The van der Waals surface area contributed by atoms with E-state index >= 15 is 0 Å². The van der Waals surface area contributed by atoms with Crippen LogP contribution in [0.15, 0.2) is 18.2 Å². The van der Waals surface area contributed by atoms with Crippen LogP contribution in [0.4, 0.5) is 0 Å². The molecule has 1 heterocycles. The van der Waals surface area contributed by atoms with Crippen molar-refractivity contribution in [1.29, 1.82) is 0 Å². The lowest BCUT2D eigenvalue weighted by atomic mass is 10.1. The molecule has 1 aliphatic rings. The molecule has 5 nitrogen and oxygen atoms in total. The lowest BCUT2D eigenvalue weighted by Crippen LogP contribution is -2.38. The summed E-state index contributed by atoms with van der Waals surface area (Å²) >= 11 is 0. The first-order valence-electron chi connectivity index (χ1n) is 6.82. The lowest BCUT2D eigenvalue weighted by Gasteiger charge is -2.22. The zero-order valence-corrected chi connectivity index (χ0v) is 11.4. The highest BCUT2D eigenvalue weighted by atomic mass is 16.5. The molecule has 0 bridgehead atoms. The molecule has 0 radical (unpaired) electrons. The predicted octanol–water partition coefficient (Wildman–Crippen LogP) is 0.523. The summed E-state index contributed by atoms with van der Waals surface area (Å²) in [6.45, 7) is 6.83. The second kappa shape index (κ2) is 6.75. The number of hydrogen-bond acceptors (Lipinski definition) is 5. The molecule has 106 valence electrons. The Hall–Kier alpha value is -1.30. The van der Waals surface area contributed by atoms with Gasteiger partial charge in [-0.05, 0) is 13.0 Å². The van der Waals surface area contributed by atoms with Crippen LogP contribution in [0.5, 0.6) is 11.5 Å². The SMILES string of the molecule is CCOc1ccc(CN2CCNCC(N)C2)c(O)c1. The summed E-state index contributed by atoms with van der Waals surface area (Å²) in [5, 5.41) is 13.3. The number of benzene rings is 1. The van der Waals surface area contributed by atoms with Gasteiger partial charge in [0.25, 0.3) is 0 Å². The van der Waals surface area contributed by atoms with E-state index in [4.69, 9.17) is 10.5 Å². The van der Waals surface area contributed by atoms with Gasteiger partial charge in [0.05, 0.1) is 6.61 Å². The monoisotopic (exact) mass is 265 g/mol. The van der Waals surface area contributed by atoms with Crippen LogP contribution in [0.1, 0.15) is 12.5 Å². The van der Waals surface area contributed by atoms with E-state index in [1.807, 2.05) is 19.1 Å². The molecule has 0 spiro atoms. The summed E-state index contributed by atoms with van der Waals surface area (Å²) in [5.41, 5.74) is 6.91. The molecule has 1 aromatic rings. The first kappa shape index (κ1) is 14.1. The van der Waals surface area contributed by atoms with Gasteiger partial charge < -0.3 is 20.9 Å². The lowest BCUT2D eigenvalue weighted by molar-refractivity contribution is 0.268. The number of phenolic OH excluding ortho intramolecular Hbond substituents is 1. The van der Waals surface area contributed by atoms with Gasteiger partial charge in [0, 0.05) is 50.4 Å². The van der Waals surface area contributed by atoms with Crippen LogP contribution in [-0.2, 0) is 6.54 Å². The van der Waals surface area contributed by atoms with E-state index in [9.17, 15) is 5.11 Å². The van der Waals surface area contributed by atoms with E-state index in [0.29, 0.717) is 18.9 Å². The van der Waals surface area contributed by atoms with Gasteiger partial charge in [0.1, 0.15) is 11.5 Å². The Labute approximate surface area is 114 Å². The average Bonchev–Trinajstić information content (AvgIpc) is 2.57. The van der Waals surface area contributed by atoms with Crippen molar-refractivity contribution in [2.24, 2.45) is 5.73 Å². The maximum atomic E-state index is 10.0. The summed E-state index contributed by atoms with van der Waals surface area (Å²) in [7, 11) is 0. The molecule has 19 heavy (non-hydrogen) atoms. The van der Waals surface area contributed by atoms with Gasteiger partial charge in [0.2, 0.25) is 0 Å². The second-order valence-electron chi connectivity index (χ2n) is 4.92. The Morgan fingerprint density at radius 3 is 3.11 bits per heavy atom. The van der Waals surface area contributed by atoms with E-state index in [2.05, 4.69) is 10.2 Å². The minimum Gasteiger partial charge on any atom is -0.507 e.